The normalized spacial score (nSPS) is 15.1. The van der Waals surface area contributed by atoms with E-state index in [1.807, 2.05) is 30.3 Å². The number of carbonyl (C=O) groups is 2. The van der Waals surface area contributed by atoms with Gasteiger partial charge in [-0.2, -0.15) is 5.10 Å². The average molecular weight is 299 g/mol. The van der Waals surface area contributed by atoms with Gasteiger partial charge in [0.05, 0.1) is 17.4 Å². The van der Waals surface area contributed by atoms with Gasteiger partial charge in [-0.15, -0.1) is 0 Å². The van der Waals surface area contributed by atoms with E-state index in [9.17, 15) is 9.59 Å². The molecule has 0 saturated heterocycles. The number of hydrogen-bond acceptors (Lipinski definition) is 4. The molecule has 1 aromatic heterocycles. The quantitative estimate of drug-likeness (QED) is 0.853. The number of aromatic nitrogens is 2. The highest BCUT2D eigenvalue weighted by Crippen LogP contribution is 2.19. The lowest BCUT2D eigenvalue weighted by molar-refractivity contribution is -0.129. The number of ether oxygens (including phenoxy) is 1. The highest BCUT2D eigenvalue weighted by Gasteiger charge is 2.27. The molecule has 1 aliphatic rings. The molecule has 0 spiro atoms. The minimum Gasteiger partial charge on any atom is -0.449 e. The number of para-hydroxylation sites is 1. The van der Waals surface area contributed by atoms with Crippen LogP contribution in [-0.4, -0.2) is 33.8 Å². The Labute approximate surface area is 128 Å². The van der Waals surface area contributed by atoms with E-state index < -0.39 is 12.1 Å². The molecule has 1 amide bonds. The summed E-state index contributed by atoms with van der Waals surface area (Å²) in [6.07, 6.45) is 4.20. The molecule has 1 unspecified atom stereocenters. The van der Waals surface area contributed by atoms with Crippen molar-refractivity contribution in [3.05, 3.63) is 48.3 Å². The Morgan fingerprint density at radius 1 is 1.32 bits per heavy atom. The highest BCUT2D eigenvalue weighted by molar-refractivity contribution is 5.91. The highest BCUT2D eigenvalue weighted by atomic mass is 16.5. The summed E-state index contributed by atoms with van der Waals surface area (Å²) in [6, 6.07) is 9.69. The largest absolute Gasteiger partial charge is 0.449 e. The molecular formula is C16H17N3O3. The van der Waals surface area contributed by atoms with Gasteiger partial charge in [-0.3, -0.25) is 4.79 Å². The van der Waals surface area contributed by atoms with Crippen LogP contribution in [0.15, 0.2) is 42.7 Å². The molecule has 0 aliphatic heterocycles. The predicted molar refractivity (Wildman–Crippen MR) is 79.6 cm³/mol. The molecule has 1 aliphatic carbocycles. The predicted octanol–water partition coefficient (Wildman–Crippen LogP) is 1.70. The molecule has 6 nitrogen and oxygen atoms in total. The topological polar surface area (TPSA) is 73.2 Å². The zero-order valence-corrected chi connectivity index (χ0v) is 12.2. The first-order valence-corrected chi connectivity index (χ1v) is 7.25. The molecular weight excluding hydrogens is 282 g/mol. The molecule has 1 N–H and O–H groups in total. The van der Waals surface area contributed by atoms with E-state index in [0.29, 0.717) is 5.56 Å². The minimum atomic E-state index is -0.812. The maximum atomic E-state index is 12.1. The van der Waals surface area contributed by atoms with E-state index >= 15 is 0 Å². The second-order valence-corrected chi connectivity index (χ2v) is 5.34. The van der Waals surface area contributed by atoms with Gasteiger partial charge in [-0.25, -0.2) is 9.48 Å². The lowest BCUT2D eigenvalue weighted by atomic mass is 10.3. The van der Waals surface area contributed by atoms with E-state index in [1.54, 1.807) is 17.8 Å². The first-order chi connectivity index (χ1) is 10.6. The van der Waals surface area contributed by atoms with Gasteiger partial charge in [0.25, 0.3) is 5.91 Å². The molecule has 6 heteroatoms. The SMILES string of the molecule is CC(OC(=O)c1cnn(-c2ccccc2)c1)C(=O)NC1CC1. The molecule has 1 aromatic carbocycles. The number of benzene rings is 1. The van der Waals surface area contributed by atoms with Crippen molar-refractivity contribution < 1.29 is 14.3 Å². The molecule has 0 bridgehead atoms. The zero-order chi connectivity index (χ0) is 15.5. The number of nitrogens with zero attached hydrogens (tertiary/aromatic N) is 2. The summed E-state index contributed by atoms with van der Waals surface area (Å²) < 4.78 is 6.76. The van der Waals surface area contributed by atoms with E-state index in [4.69, 9.17) is 4.74 Å². The van der Waals surface area contributed by atoms with Crippen LogP contribution in [0, 0.1) is 0 Å². The molecule has 1 atom stereocenters. The van der Waals surface area contributed by atoms with Gasteiger partial charge < -0.3 is 10.1 Å². The zero-order valence-electron chi connectivity index (χ0n) is 12.2. The fourth-order valence-corrected chi connectivity index (χ4v) is 1.98. The number of amides is 1. The molecule has 1 fully saturated rings. The van der Waals surface area contributed by atoms with Crippen molar-refractivity contribution in [2.24, 2.45) is 0 Å². The standard InChI is InChI=1S/C16H17N3O3/c1-11(15(20)18-13-7-8-13)22-16(21)12-9-17-19(10-12)14-5-3-2-4-6-14/h2-6,9-11,13H,7-8H2,1H3,(H,18,20). The Kier molecular flexibility index (Phi) is 3.91. The first-order valence-electron chi connectivity index (χ1n) is 7.25. The maximum absolute atomic E-state index is 12.1. The van der Waals surface area contributed by atoms with Crippen LogP contribution in [0.5, 0.6) is 0 Å². The number of rotatable bonds is 5. The van der Waals surface area contributed by atoms with Gasteiger partial charge in [-0.1, -0.05) is 18.2 Å². The van der Waals surface area contributed by atoms with E-state index in [2.05, 4.69) is 10.4 Å². The molecule has 1 saturated carbocycles. The van der Waals surface area contributed by atoms with Gasteiger partial charge in [0.2, 0.25) is 0 Å². The van der Waals surface area contributed by atoms with Crippen molar-refractivity contribution >= 4 is 11.9 Å². The molecule has 0 radical (unpaired) electrons. The lowest BCUT2D eigenvalue weighted by Crippen LogP contribution is -2.37. The van der Waals surface area contributed by atoms with Crippen LogP contribution in [0.2, 0.25) is 0 Å². The summed E-state index contributed by atoms with van der Waals surface area (Å²) >= 11 is 0. The summed E-state index contributed by atoms with van der Waals surface area (Å²) in [5.74, 6) is -0.813. The van der Waals surface area contributed by atoms with Crippen LogP contribution in [0.3, 0.4) is 0 Å². The van der Waals surface area contributed by atoms with Gasteiger partial charge in [0.1, 0.15) is 0 Å². The maximum Gasteiger partial charge on any atom is 0.342 e. The molecule has 2 aromatic rings. The Balaban J connectivity index is 1.62. The minimum absolute atomic E-state index is 0.245. The monoisotopic (exact) mass is 299 g/mol. The number of carbonyl (C=O) groups excluding carboxylic acids is 2. The van der Waals surface area contributed by atoms with Crippen LogP contribution >= 0.6 is 0 Å². The summed E-state index contributed by atoms with van der Waals surface area (Å²) in [4.78, 5) is 23.8. The van der Waals surface area contributed by atoms with E-state index in [0.717, 1.165) is 18.5 Å². The fraction of sp³-hybridized carbons (Fsp3) is 0.312. The third-order valence-electron chi connectivity index (χ3n) is 3.42. The number of hydrogen-bond donors (Lipinski definition) is 1. The van der Waals surface area contributed by atoms with E-state index in [-0.39, 0.29) is 11.9 Å². The third-order valence-corrected chi connectivity index (χ3v) is 3.42. The Morgan fingerprint density at radius 2 is 2.05 bits per heavy atom. The lowest BCUT2D eigenvalue weighted by Gasteiger charge is -2.12. The van der Waals surface area contributed by atoms with Crippen molar-refractivity contribution in [2.45, 2.75) is 31.9 Å². The van der Waals surface area contributed by atoms with Crippen molar-refractivity contribution in [2.75, 3.05) is 0 Å². The van der Waals surface area contributed by atoms with E-state index in [1.165, 1.54) is 6.20 Å². The van der Waals surface area contributed by atoms with Gasteiger partial charge in [-0.05, 0) is 31.9 Å². The summed E-state index contributed by atoms with van der Waals surface area (Å²) in [5.41, 5.74) is 1.16. The fourth-order valence-electron chi connectivity index (χ4n) is 1.98. The van der Waals surface area contributed by atoms with Crippen molar-refractivity contribution in [3.63, 3.8) is 0 Å². The molecule has 22 heavy (non-hydrogen) atoms. The average Bonchev–Trinajstić information content (AvgIpc) is 3.19. The molecule has 1 heterocycles. The number of nitrogens with one attached hydrogen (secondary N) is 1. The van der Waals surface area contributed by atoms with Crippen LogP contribution < -0.4 is 5.32 Å². The third kappa shape index (κ3) is 3.33. The summed E-state index contributed by atoms with van der Waals surface area (Å²) in [6.45, 7) is 1.57. The summed E-state index contributed by atoms with van der Waals surface area (Å²) in [7, 11) is 0. The Morgan fingerprint density at radius 3 is 2.73 bits per heavy atom. The Bertz CT molecular complexity index is 677. The van der Waals surface area contributed by atoms with Crippen molar-refractivity contribution in [1.29, 1.82) is 0 Å². The van der Waals surface area contributed by atoms with Crippen molar-refractivity contribution in [1.82, 2.24) is 15.1 Å². The molecule has 114 valence electrons. The van der Waals surface area contributed by atoms with Crippen LogP contribution in [-0.2, 0) is 9.53 Å². The molecule has 3 rings (SSSR count). The smallest absolute Gasteiger partial charge is 0.342 e. The van der Waals surface area contributed by atoms with Crippen LogP contribution in [0.25, 0.3) is 5.69 Å². The van der Waals surface area contributed by atoms with Gasteiger partial charge in [0, 0.05) is 12.2 Å². The first kappa shape index (κ1) is 14.3. The summed E-state index contributed by atoms with van der Waals surface area (Å²) in [5, 5.41) is 6.94. The van der Waals surface area contributed by atoms with Gasteiger partial charge >= 0.3 is 5.97 Å². The van der Waals surface area contributed by atoms with Gasteiger partial charge in [0.15, 0.2) is 6.10 Å². The second-order valence-electron chi connectivity index (χ2n) is 5.34. The van der Waals surface area contributed by atoms with Crippen LogP contribution in [0.4, 0.5) is 0 Å². The Hall–Kier alpha value is -2.63. The van der Waals surface area contributed by atoms with Crippen LogP contribution in [0.1, 0.15) is 30.1 Å². The second kappa shape index (κ2) is 6.01. The van der Waals surface area contributed by atoms with Crippen molar-refractivity contribution in [3.8, 4) is 5.69 Å². The number of esters is 1.